The Labute approximate surface area is 277 Å². The molecule has 0 spiro atoms. The first kappa shape index (κ1) is 35.0. The van der Waals surface area contributed by atoms with Gasteiger partial charge in [0, 0.05) is 0 Å². The Morgan fingerprint density at radius 3 is 1.24 bits per heavy atom. The van der Waals surface area contributed by atoms with Crippen LogP contribution in [0.2, 0.25) is 0 Å². The monoisotopic (exact) mass is 694 g/mol. The van der Waals surface area contributed by atoms with Crippen LogP contribution >= 0.6 is 0 Å². The molecule has 6 rings (SSSR count). The molecule has 0 aliphatic rings. The van der Waals surface area contributed by atoms with Crippen molar-refractivity contribution in [2.75, 3.05) is 0 Å². The van der Waals surface area contributed by atoms with Gasteiger partial charge in [-0.1, -0.05) is 37.4 Å². The fourth-order valence-electron chi connectivity index (χ4n) is 5.16. The molecule has 0 fully saturated rings. The first-order valence-corrected chi connectivity index (χ1v) is 14.5. The van der Waals surface area contributed by atoms with Gasteiger partial charge >= 0.3 is 24.0 Å². The van der Waals surface area contributed by atoms with Gasteiger partial charge in [-0.05, 0) is 73.3 Å². The molecule has 0 unspecified atom stereocenters. The molecule has 6 aromatic rings. The van der Waals surface area contributed by atoms with E-state index in [9.17, 15) is 35.9 Å². The van der Waals surface area contributed by atoms with Crippen molar-refractivity contribution in [3.63, 3.8) is 0 Å². The molecular weight excluding hydrogens is 670 g/mol. The number of alkyl halides is 6. The fourth-order valence-corrected chi connectivity index (χ4v) is 5.16. The van der Waals surface area contributed by atoms with E-state index in [-0.39, 0.29) is 33.7 Å². The second kappa shape index (κ2) is 13.0. The molecule has 0 bridgehead atoms. The van der Waals surface area contributed by atoms with Crippen LogP contribution in [0.25, 0.3) is 31.8 Å². The Morgan fingerprint density at radius 2 is 0.960 bits per heavy atom. The number of H-pyrrole nitrogens is 2. The minimum absolute atomic E-state index is 0.0689. The number of fused-ring (bicyclic) bond motifs is 2. The number of aryl methyl sites for hydroxylation is 2. The molecular formula is C32H24F6N10O2. The number of hydrogen-bond acceptors (Lipinski definition) is 6. The van der Waals surface area contributed by atoms with Crippen LogP contribution < -0.4 is 11.1 Å². The smallest absolute Gasteiger partial charge is 0.358 e. The molecule has 18 heteroatoms. The molecule has 0 amide bonds. The minimum Gasteiger partial charge on any atom is -0.358 e. The lowest BCUT2D eigenvalue weighted by Gasteiger charge is -2.12. The Bertz CT molecular complexity index is 2250. The summed E-state index contributed by atoms with van der Waals surface area (Å²) in [4.78, 5) is 44.2. The zero-order chi connectivity index (χ0) is 36.7. The fraction of sp³-hybridized carbons (Fsp3) is 0.250. The first-order valence-electron chi connectivity index (χ1n) is 14.5. The number of aromatic nitrogens is 8. The Balaban J connectivity index is 0.000000194. The maximum Gasteiger partial charge on any atom is 0.416 e. The predicted molar refractivity (Wildman–Crippen MR) is 169 cm³/mol. The highest BCUT2D eigenvalue weighted by atomic mass is 19.4. The maximum atomic E-state index is 12.7. The lowest BCUT2D eigenvalue weighted by atomic mass is 10.1. The molecule has 4 aromatic heterocycles. The van der Waals surface area contributed by atoms with Crippen molar-refractivity contribution in [1.29, 1.82) is 0 Å². The summed E-state index contributed by atoms with van der Waals surface area (Å²) in [5.41, 5.74) is -0.901. The average molecular weight is 695 g/mol. The quantitative estimate of drug-likeness (QED) is 0.148. The van der Waals surface area contributed by atoms with E-state index < -0.39 is 46.7 Å². The number of benzene rings is 2. The standard InChI is InChI=1S/2C16H12F3N5O/c2*1-8(10-4-6-11(7-5-10)16(17,18)19)24-14-12(13(20-3)23-24)15(25)22-9(2)21-14/h2*4-8H,1-2H3,(H,21,22,25)/t2*8-/m10/s1. The number of nitrogens with one attached hydrogen (secondary N) is 2. The van der Waals surface area contributed by atoms with E-state index in [1.165, 1.54) is 33.6 Å². The molecule has 12 nitrogen and oxygen atoms in total. The normalized spacial score (nSPS) is 13.0. The van der Waals surface area contributed by atoms with E-state index in [4.69, 9.17) is 13.1 Å². The van der Waals surface area contributed by atoms with E-state index in [0.717, 1.165) is 24.3 Å². The van der Waals surface area contributed by atoms with Crippen LogP contribution in [-0.4, -0.2) is 39.5 Å². The minimum atomic E-state index is -4.41. The van der Waals surface area contributed by atoms with Gasteiger partial charge in [-0.2, -0.15) is 35.7 Å². The van der Waals surface area contributed by atoms with Crippen molar-refractivity contribution in [3.05, 3.63) is 126 Å². The van der Waals surface area contributed by atoms with E-state index in [1.54, 1.807) is 27.7 Å². The molecule has 50 heavy (non-hydrogen) atoms. The SMILES string of the molecule is [C-]#[N+]c1nn([C@@H](C)c2ccc(C(F)(F)F)cc2)c2nc(C)[nH]c(=O)c12.[C-]#[N+]c1nn([C@H](C)c2ccc(C(F)(F)F)cc2)c2nc(C)[nH]c(=O)c12. The summed E-state index contributed by atoms with van der Waals surface area (Å²) in [6, 6.07) is 8.31. The van der Waals surface area contributed by atoms with Crippen LogP contribution in [0.1, 0.15) is 59.8 Å². The van der Waals surface area contributed by atoms with Gasteiger partial charge < -0.3 is 19.7 Å². The van der Waals surface area contributed by atoms with Crippen LogP contribution in [0, 0.1) is 27.0 Å². The van der Waals surface area contributed by atoms with Crippen molar-refractivity contribution in [1.82, 2.24) is 39.5 Å². The molecule has 0 saturated heterocycles. The van der Waals surface area contributed by atoms with E-state index in [1.807, 2.05) is 0 Å². The molecule has 256 valence electrons. The van der Waals surface area contributed by atoms with Crippen molar-refractivity contribution in [2.45, 2.75) is 52.1 Å². The molecule has 0 saturated carbocycles. The van der Waals surface area contributed by atoms with E-state index in [0.29, 0.717) is 22.8 Å². The van der Waals surface area contributed by atoms with Gasteiger partial charge in [-0.25, -0.2) is 9.97 Å². The van der Waals surface area contributed by atoms with Gasteiger partial charge in [0.2, 0.25) is 0 Å². The number of rotatable bonds is 4. The van der Waals surface area contributed by atoms with Crippen LogP contribution in [0.15, 0.2) is 58.1 Å². The summed E-state index contributed by atoms with van der Waals surface area (Å²) in [6.07, 6.45) is -8.83. The van der Waals surface area contributed by atoms with E-state index in [2.05, 4.69) is 39.8 Å². The van der Waals surface area contributed by atoms with Crippen molar-refractivity contribution >= 4 is 33.7 Å². The summed E-state index contributed by atoms with van der Waals surface area (Å²) in [7, 11) is 0. The lowest BCUT2D eigenvalue weighted by molar-refractivity contribution is -0.138. The summed E-state index contributed by atoms with van der Waals surface area (Å²) in [6.45, 7) is 21.0. The van der Waals surface area contributed by atoms with Crippen LogP contribution in [-0.2, 0) is 12.4 Å². The highest BCUT2D eigenvalue weighted by Crippen LogP contribution is 2.33. The molecule has 2 aromatic carbocycles. The van der Waals surface area contributed by atoms with E-state index >= 15 is 0 Å². The third kappa shape index (κ3) is 6.68. The Morgan fingerprint density at radius 1 is 0.640 bits per heavy atom. The number of nitrogens with zero attached hydrogens (tertiary/aromatic N) is 8. The van der Waals surface area contributed by atoms with Crippen molar-refractivity contribution in [3.8, 4) is 0 Å². The topological polar surface area (TPSA) is 136 Å². The van der Waals surface area contributed by atoms with Crippen LogP contribution in [0.3, 0.4) is 0 Å². The zero-order valence-electron chi connectivity index (χ0n) is 26.4. The highest BCUT2D eigenvalue weighted by molar-refractivity contribution is 5.88. The molecule has 4 heterocycles. The molecule has 2 atom stereocenters. The third-order valence-corrected chi connectivity index (χ3v) is 7.71. The van der Waals surface area contributed by atoms with Gasteiger partial charge in [0.1, 0.15) is 22.4 Å². The maximum absolute atomic E-state index is 12.7. The number of halogens is 6. The summed E-state index contributed by atoms with van der Waals surface area (Å²) in [5.74, 6) is 0.523. The first-order chi connectivity index (χ1) is 23.4. The van der Waals surface area contributed by atoms with Crippen molar-refractivity contribution in [2.24, 2.45) is 0 Å². The third-order valence-electron chi connectivity index (χ3n) is 7.71. The molecule has 2 N–H and O–H groups in total. The summed E-state index contributed by atoms with van der Waals surface area (Å²) < 4.78 is 78.9. The van der Waals surface area contributed by atoms with Crippen LogP contribution in [0.5, 0.6) is 0 Å². The number of aromatic amines is 2. The lowest BCUT2D eigenvalue weighted by Crippen LogP contribution is -2.13. The Kier molecular flexibility index (Phi) is 9.07. The van der Waals surface area contributed by atoms with Gasteiger partial charge in [-0.3, -0.25) is 9.59 Å². The summed E-state index contributed by atoms with van der Waals surface area (Å²) in [5, 5.41) is 8.37. The van der Waals surface area contributed by atoms with Gasteiger partial charge in [0.05, 0.1) is 23.2 Å². The Hall–Kier alpha value is -6.30. The highest BCUT2D eigenvalue weighted by Gasteiger charge is 2.32. The van der Waals surface area contributed by atoms with Gasteiger partial charge in [-0.15, -0.1) is 0 Å². The van der Waals surface area contributed by atoms with Gasteiger partial charge in [0.25, 0.3) is 11.1 Å². The second-order valence-electron chi connectivity index (χ2n) is 11.1. The zero-order valence-corrected chi connectivity index (χ0v) is 26.4. The number of hydrogen-bond donors (Lipinski definition) is 2. The van der Waals surface area contributed by atoms with Gasteiger partial charge in [0.15, 0.2) is 11.3 Å². The molecule has 0 radical (unpaired) electrons. The predicted octanol–water partition coefficient (Wildman–Crippen LogP) is 7.21. The second-order valence-corrected chi connectivity index (χ2v) is 11.1. The average Bonchev–Trinajstić information content (AvgIpc) is 3.62. The molecule has 0 aliphatic carbocycles. The van der Waals surface area contributed by atoms with Crippen molar-refractivity contribution < 1.29 is 26.3 Å². The largest absolute Gasteiger partial charge is 0.416 e. The summed E-state index contributed by atoms with van der Waals surface area (Å²) >= 11 is 0. The molecule has 0 aliphatic heterocycles. The van der Waals surface area contributed by atoms with Crippen LogP contribution in [0.4, 0.5) is 38.0 Å².